The van der Waals surface area contributed by atoms with Gasteiger partial charge in [0.25, 0.3) is 5.91 Å². The number of amidine groups is 1. The van der Waals surface area contributed by atoms with Gasteiger partial charge in [-0.05, 0) is 17.5 Å². The van der Waals surface area contributed by atoms with E-state index < -0.39 is 0 Å². The number of fused-ring (bicyclic) bond motifs is 1. The second-order valence-electron chi connectivity index (χ2n) is 3.90. The molecule has 0 spiro atoms. The molecule has 0 saturated carbocycles. The number of oxime groups is 1. The van der Waals surface area contributed by atoms with Crippen LogP contribution in [0.25, 0.3) is 10.1 Å². The first-order chi connectivity index (χ1) is 8.61. The monoisotopic (exact) mass is 263 g/mol. The molecule has 1 heterocycles. The van der Waals surface area contributed by atoms with E-state index in [2.05, 4.69) is 5.16 Å². The summed E-state index contributed by atoms with van der Waals surface area (Å²) in [6, 6.07) is 9.66. The first-order valence-electron chi connectivity index (χ1n) is 5.32. The van der Waals surface area contributed by atoms with Crippen LogP contribution in [0.3, 0.4) is 0 Å². The highest BCUT2D eigenvalue weighted by molar-refractivity contribution is 7.20. The normalized spacial score (nSPS) is 11.7. The van der Waals surface area contributed by atoms with Crippen LogP contribution in [0.15, 0.2) is 35.5 Å². The average Bonchev–Trinajstić information content (AvgIpc) is 2.81. The molecule has 2 aromatic rings. The highest BCUT2D eigenvalue weighted by Gasteiger charge is 2.15. The fourth-order valence-corrected chi connectivity index (χ4v) is 2.68. The molecule has 2 rings (SSSR count). The van der Waals surface area contributed by atoms with Crippen molar-refractivity contribution in [3.8, 4) is 0 Å². The van der Waals surface area contributed by atoms with Gasteiger partial charge in [-0.3, -0.25) is 4.79 Å². The summed E-state index contributed by atoms with van der Waals surface area (Å²) >= 11 is 1.43. The zero-order valence-electron chi connectivity index (χ0n) is 9.83. The number of hydrogen-bond acceptors (Lipinski definition) is 4. The van der Waals surface area contributed by atoms with E-state index in [0.717, 1.165) is 10.1 Å². The Labute approximate surface area is 108 Å². The van der Waals surface area contributed by atoms with Crippen molar-refractivity contribution in [2.24, 2.45) is 10.9 Å². The van der Waals surface area contributed by atoms with Gasteiger partial charge in [-0.25, -0.2) is 0 Å². The summed E-state index contributed by atoms with van der Waals surface area (Å²) in [5.41, 5.74) is 5.37. The molecule has 0 aliphatic heterocycles. The predicted octanol–water partition coefficient (Wildman–Crippen LogP) is 1.72. The molecule has 1 amide bonds. The van der Waals surface area contributed by atoms with Crippen molar-refractivity contribution in [3.05, 3.63) is 35.2 Å². The highest BCUT2D eigenvalue weighted by Crippen LogP contribution is 2.25. The maximum atomic E-state index is 12.1. The van der Waals surface area contributed by atoms with Gasteiger partial charge >= 0.3 is 0 Å². The fourth-order valence-electron chi connectivity index (χ4n) is 1.62. The minimum atomic E-state index is -0.136. The van der Waals surface area contributed by atoms with Gasteiger partial charge in [0.15, 0.2) is 5.84 Å². The Morgan fingerprint density at radius 2 is 2.22 bits per heavy atom. The fraction of sp³-hybridized carbons (Fsp3) is 0.167. The largest absolute Gasteiger partial charge is 0.409 e. The van der Waals surface area contributed by atoms with Gasteiger partial charge < -0.3 is 15.8 Å². The van der Waals surface area contributed by atoms with Crippen molar-refractivity contribution in [2.45, 2.75) is 0 Å². The van der Waals surface area contributed by atoms with Crippen LogP contribution in [-0.4, -0.2) is 35.4 Å². The molecule has 0 unspecified atom stereocenters. The molecule has 0 saturated heterocycles. The van der Waals surface area contributed by atoms with E-state index in [1.165, 1.54) is 16.2 Å². The molecule has 0 fully saturated rings. The zero-order chi connectivity index (χ0) is 13.1. The first kappa shape index (κ1) is 12.4. The van der Waals surface area contributed by atoms with Crippen molar-refractivity contribution >= 4 is 33.2 Å². The minimum absolute atomic E-state index is 0.00645. The molecule has 0 radical (unpaired) electrons. The van der Waals surface area contributed by atoms with E-state index in [9.17, 15) is 4.79 Å². The number of nitrogens with two attached hydrogens (primary N) is 1. The van der Waals surface area contributed by atoms with Crippen LogP contribution in [0.5, 0.6) is 0 Å². The van der Waals surface area contributed by atoms with E-state index in [1.54, 1.807) is 7.05 Å². The molecule has 6 heteroatoms. The molecule has 1 aromatic carbocycles. The minimum Gasteiger partial charge on any atom is -0.409 e. The van der Waals surface area contributed by atoms with Crippen LogP contribution in [0.2, 0.25) is 0 Å². The van der Waals surface area contributed by atoms with Crippen molar-refractivity contribution in [1.82, 2.24) is 4.90 Å². The first-order valence-corrected chi connectivity index (χ1v) is 6.14. The SMILES string of the molecule is CN(CC(N)=NO)C(=O)c1cc2ccccc2s1. The van der Waals surface area contributed by atoms with E-state index in [1.807, 2.05) is 30.3 Å². The number of likely N-dealkylation sites (N-methyl/N-ethyl adjacent to an activating group) is 1. The summed E-state index contributed by atoms with van der Waals surface area (Å²) in [7, 11) is 1.62. The Balaban J connectivity index is 2.22. The maximum Gasteiger partial charge on any atom is 0.264 e. The number of carbonyl (C=O) groups excluding carboxylic acids is 1. The van der Waals surface area contributed by atoms with E-state index in [4.69, 9.17) is 10.9 Å². The number of hydrogen-bond donors (Lipinski definition) is 2. The van der Waals surface area contributed by atoms with E-state index in [0.29, 0.717) is 4.88 Å². The van der Waals surface area contributed by atoms with Crippen LogP contribution < -0.4 is 5.73 Å². The van der Waals surface area contributed by atoms with Crippen LogP contribution in [0.4, 0.5) is 0 Å². The number of nitrogens with zero attached hydrogens (tertiary/aromatic N) is 2. The molecule has 18 heavy (non-hydrogen) atoms. The lowest BCUT2D eigenvalue weighted by atomic mass is 10.2. The Hall–Kier alpha value is -2.08. The Morgan fingerprint density at radius 1 is 1.50 bits per heavy atom. The lowest BCUT2D eigenvalue weighted by molar-refractivity contribution is 0.0818. The topological polar surface area (TPSA) is 78.9 Å². The van der Waals surface area contributed by atoms with Gasteiger partial charge in [0, 0.05) is 11.7 Å². The molecule has 0 aliphatic carbocycles. The van der Waals surface area contributed by atoms with Gasteiger partial charge in [-0.15, -0.1) is 11.3 Å². The number of amides is 1. The third kappa shape index (κ3) is 2.43. The van der Waals surface area contributed by atoms with E-state index >= 15 is 0 Å². The summed E-state index contributed by atoms with van der Waals surface area (Å²) in [5, 5.41) is 12.4. The second kappa shape index (κ2) is 5.05. The van der Waals surface area contributed by atoms with Crippen LogP contribution >= 0.6 is 11.3 Å². The Bertz CT molecular complexity index is 573. The predicted molar refractivity (Wildman–Crippen MR) is 72.2 cm³/mol. The molecular formula is C12H13N3O2S. The van der Waals surface area contributed by atoms with Crippen molar-refractivity contribution in [2.75, 3.05) is 13.6 Å². The van der Waals surface area contributed by atoms with Gasteiger partial charge in [0.1, 0.15) is 0 Å². The van der Waals surface area contributed by atoms with Gasteiger partial charge in [-0.2, -0.15) is 0 Å². The van der Waals surface area contributed by atoms with E-state index in [-0.39, 0.29) is 18.3 Å². The number of rotatable bonds is 3. The Kier molecular flexibility index (Phi) is 3.47. The highest BCUT2D eigenvalue weighted by atomic mass is 32.1. The average molecular weight is 263 g/mol. The number of benzene rings is 1. The smallest absolute Gasteiger partial charge is 0.264 e. The van der Waals surface area contributed by atoms with Crippen molar-refractivity contribution in [3.63, 3.8) is 0 Å². The van der Waals surface area contributed by atoms with Gasteiger partial charge in [0.2, 0.25) is 0 Å². The van der Waals surface area contributed by atoms with Crippen molar-refractivity contribution in [1.29, 1.82) is 0 Å². The molecule has 0 aliphatic rings. The molecule has 3 N–H and O–H groups in total. The third-order valence-electron chi connectivity index (χ3n) is 2.51. The molecule has 1 aromatic heterocycles. The molecule has 5 nitrogen and oxygen atoms in total. The Morgan fingerprint density at radius 3 is 2.89 bits per heavy atom. The number of thiophene rings is 1. The standard InChI is InChI=1S/C12H13N3O2S/c1-15(7-11(13)14-17)12(16)10-6-8-4-2-3-5-9(8)18-10/h2-6,17H,7H2,1H3,(H2,13,14). The summed E-state index contributed by atoms with van der Waals surface area (Å²) in [5.74, 6) is -0.130. The molecular weight excluding hydrogens is 250 g/mol. The quantitative estimate of drug-likeness (QED) is 0.383. The lowest BCUT2D eigenvalue weighted by Crippen LogP contribution is -2.35. The van der Waals surface area contributed by atoms with Gasteiger partial charge in [0.05, 0.1) is 11.4 Å². The summed E-state index contributed by atoms with van der Waals surface area (Å²) < 4.78 is 1.07. The third-order valence-corrected chi connectivity index (χ3v) is 3.61. The maximum absolute atomic E-state index is 12.1. The second-order valence-corrected chi connectivity index (χ2v) is 4.98. The van der Waals surface area contributed by atoms with Gasteiger partial charge in [-0.1, -0.05) is 23.4 Å². The summed E-state index contributed by atoms with van der Waals surface area (Å²) in [6.45, 7) is 0.101. The lowest BCUT2D eigenvalue weighted by Gasteiger charge is -2.14. The molecule has 94 valence electrons. The van der Waals surface area contributed by atoms with Crippen LogP contribution in [-0.2, 0) is 0 Å². The zero-order valence-corrected chi connectivity index (χ0v) is 10.6. The summed E-state index contributed by atoms with van der Waals surface area (Å²) in [6.07, 6.45) is 0. The van der Waals surface area contributed by atoms with Crippen LogP contribution in [0, 0.1) is 0 Å². The molecule has 0 atom stereocenters. The molecule has 0 bridgehead atoms. The number of carbonyl (C=O) groups is 1. The van der Waals surface area contributed by atoms with Crippen LogP contribution in [0.1, 0.15) is 9.67 Å². The van der Waals surface area contributed by atoms with Crippen molar-refractivity contribution < 1.29 is 10.0 Å². The summed E-state index contributed by atoms with van der Waals surface area (Å²) in [4.78, 5) is 14.2.